The maximum Gasteiger partial charge on any atom is 0.246 e. The fourth-order valence-electron chi connectivity index (χ4n) is 3.45. The van der Waals surface area contributed by atoms with Crippen LogP contribution in [0, 0.1) is 13.8 Å². The number of aromatic nitrogens is 2. The number of carbonyl (C=O) groups is 1. The molecule has 1 N–H and O–H groups in total. The van der Waals surface area contributed by atoms with Gasteiger partial charge in [0.25, 0.3) is 0 Å². The van der Waals surface area contributed by atoms with Crippen LogP contribution in [0.3, 0.4) is 0 Å². The van der Waals surface area contributed by atoms with Gasteiger partial charge in [0.15, 0.2) is 0 Å². The van der Waals surface area contributed by atoms with E-state index in [-0.39, 0.29) is 12.5 Å². The van der Waals surface area contributed by atoms with Gasteiger partial charge in [0, 0.05) is 13.7 Å². The Morgan fingerprint density at radius 3 is 2.62 bits per heavy atom. The largest absolute Gasteiger partial charge is 0.494 e. The number of nitrogens with zero attached hydrogens (tertiary/aromatic N) is 2. The molecule has 0 bridgehead atoms. The molecule has 0 aliphatic carbocycles. The number of imidazole rings is 1. The van der Waals surface area contributed by atoms with E-state index in [0.717, 1.165) is 42.0 Å². The lowest BCUT2D eigenvalue weighted by atomic mass is 10.1. The zero-order valence-electron chi connectivity index (χ0n) is 17.4. The van der Waals surface area contributed by atoms with Crippen molar-refractivity contribution in [3.63, 3.8) is 0 Å². The molecule has 154 valence electrons. The normalized spacial score (nSPS) is 11.0. The molecule has 3 rings (SSSR count). The van der Waals surface area contributed by atoms with Gasteiger partial charge in [-0.3, -0.25) is 4.79 Å². The van der Waals surface area contributed by atoms with E-state index in [1.54, 1.807) is 0 Å². The van der Waals surface area contributed by atoms with Crippen LogP contribution in [0.15, 0.2) is 42.5 Å². The number of amides is 1. The summed E-state index contributed by atoms with van der Waals surface area (Å²) in [6.07, 6.45) is 1.90. The number of carbonyl (C=O) groups excluding carboxylic acids is 1. The quantitative estimate of drug-likeness (QED) is 0.531. The van der Waals surface area contributed by atoms with Crippen molar-refractivity contribution in [2.45, 2.75) is 39.8 Å². The zero-order valence-corrected chi connectivity index (χ0v) is 17.4. The van der Waals surface area contributed by atoms with Crippen molar-refractivity contribution in [1.82, 2.24) is 14.9 Å². The van der Waals surface area contributed by atoms with Gasteiger partial charge >= 0.3 is 0 Å². The van der Waals surface area contributed by atoms with Crippen LogP contribution in [0.25, 0.3) is 11.0 Å². The van der Waals surface area contributed by atoms with Crippen molar-refractivity contribution in [3.8, 4) is 5.75 Å². The second-order valence-electron chi connectivity index (χ2n) is 7.26. The Balaban J connectivity index is 1.58. The van der Waals surface area contributed by atoms with Gasteiger partial charge in [0.05, 0.1) is 24.2 Å². The van der Waals surface area contributed by atoms with Crippen molar-refractivity contribution in [2.75, 3.05) is 20.3 Å². The fourth-order valence-corrected chi connectivity index (χ4v) is 3.45. The summed E-state index contributed by atoms with van der Waals surface area (Å²) < 4.78 is 13.0. The Morgan fingerprint density at radius 2 is 1.86 bits per heavy atom. The minimum atomic E-state index is -0.145. The first kappa shape index (κ1) is 20.9. The summed E-state index contributed by atoms with van der Waals surface area (Å²) in [6, 6.07) is 14.3. The Bertz CT molecular complexity index is 945. The molecule has 0 saturated heterocycles. The highest BCUT2D eigenvalue weighted by Crippen LogP contribution is 2.18. The molecule has 6 heteroatoms. The average molecular weight is 396 g/mol. The number of para-hydroxylation sites is 2. The Labute approximate surface area is 171 Å². The molecule has 1 aromatic heterocycles. The van der Waals surface area contributed by atoms with Crippen LogP contribution in [0.5, 0.6) is 5.75 Å². The van der Waals surface area contributed by atoms with Crippen molar-refractivity contribution < 1.29 is 14.3 Å². The van der Waals surface area contributed by atoms with E-state index in [9.17, 15) is 4.79 Å². The number of unbranched alkanes of at least 4 members (excludes halogenated alkanes) is 1. The first-order valence-corrected chi connectivity index (χ1v) is 9.97. The highest BCUT2D eigenvalue weighted by atomic mass is 16.5. The number of hydrogen-bond acceptors (Lipinski definition) is 4. The van der Waals surface area contributed by atoms with Crippen molar-refractivity contribution in [3.05, 3.63) is 59.4 Å². The minimum Gasteiger partial charge on any atom is -0.494 e. The Morgan fingerprint density at radius 1 is 1.10 bits per heavy atom. The molecule has 0 saturated carbocycles. The molecule has 0 unspecified atom stereocenters. The summed E-state index contributed by atoms with van der Waals surface area (Å²) in [6.45, 7) is 6.10. The monoisotopic (exact) mass is 395 g/mol. The molecule has 29 heavy (non-hydrogen) atoms. The molecular weight excluding hydrogens is 366 g/mol. The van der Waals surface area contributed by atoms with Crippen molar-refractivity contribution in [1.29, 1.82) is 0 Å². The van der Waals surface area contributed by atoms with Gasteiger partial charge in [-0.05, 0) is 62.1 Å². The molecule has 3 aromatic rings. The topological polar surface area (TPSA) is 65.4 Å². The number of ether oxygens (including phenoxy) is 2. The van der Waals surface area contributed by atoms with Crippen molar-refractivity contribution in [2.24, 2.45) is 0 Å². The molecule has 6 nitrogen and oxygen atoms in total. The summed E-state index contributed by atoms with van der Waals surface area (Å²) in [5, 5.41) is 2.86. The number of methoxy groups -OCH3 is 1. The van der Waals surface area contributed by atoms with Crippen LogP contribution in [0.2, 0.25) is 0 Å². The van der Waals surface area contributed by atoms with Crippen LogP contribution in [0.4, 0.5) is 0 Å². The van der Waals surface area contributed by atoms with Gasteiger partial charge < -0.3 is 19.4 Å². The maximum absolute atomic E-state index is 11.7. The van der Waals surface area contributed by atoms with Gasteiger partial charge in [0.1, 0.15) is 18.2 Å². The van der Waals surface area contributed by atoms with Crippen LogP contribution >= 0.6 is 0 Å². The lowest BCUT2D eigenvalue weighted by Gasteiger charge is -2.11. The zero-order chi connectivity index (χ0) is 20.6. The lowest BCUT2D eigenvalue weighted by Crippen LogP contribution is -2.28. The number of nitrogens with one attached hydrogen (secondary N) is 1. The van der Waals surface area contributed by atoms with E-state index in [2.05, 4.69) is 53.0 Å². The van der Waals surface area contributed by atoms with E-state index in [1.165, 1.54) is 18.2 Å². The number of fused-ring (bicyclic) bond motifs is 1. The highest BCUT2D eigenvalue weighted by Gasteiger charge is 2.11. The lowest BCUT2D eigenvalue weighted by molar-refractivity contribution is -0.124. The number of aryl methyl sites for hydroxylation is 3. The third kappa shape index (κ3) is 5.81. The molecule has 0 aliphatic heterocycles. The number of benzene rings is 2. The average Bonchev–Trinajstić information content (AvgIpc) is 3.03. The molecule has 0 fully saturated rings. The van der Waals surface area contributed by atoms with E-state index in [0.29, 0.717) is 13.2 Å². The molecule has 2 aromatic carbocycles. The van der Waals surface area contributed by atoms with E-state index in [4.69, 9.17) is 9.47 Å². The number of hydrogen-bond donors (Lipinski definition) is 1. The second kappa shape index (κ2) is 10.1. The molecule has 1 amide bonds. The second-order valence-corrected chi connectivity index (χ2v) is 7.26. The van der Waals surface area contributed by atoms with Gasteiger partial charge in [-0.15, -0.1) is 0 Å². The summed E-state index contributed by atoms with van der Waals surface area (Å²) in [7, 11) is 1.51. The van der Waals surface area contributed by atoms with Crippen LogP contribution < -0.4 is 10.1 Å². The maximum atomic E-state index is 11.7. The van der Waals surface area contributed by atoms with Crippen molar-refractivity contribution >= 4 is 16.9 Å². The summed E-state index contributed by atoms with van der Waals surface area (Å²) in [5.41, 5.74) is 4.45. The predicted octanol–water partition coefficient (Wildman–Crippen LogP) is 3.77. The summed E-state index contributed by atoms with van der Waals surface area (Å²) in [5.74, 6) is 1.64. The van der Waals surface area contributed by atoms with Gasteiger partial charge in [0.2, 0.25) is 5.91 Å². The molecule has 1 heterocycles. The van der Waals surface area contributed by atoms with Crippen LogP contribution in [0.1, 0.15) is 29.8 Å². The van der Waals surface area contributed by atoms with E-state index < -0.39 is 0 Å². The Hall–Kier alpha value is -2.86. The fraction of sp³-hybridized carbons (Fsp3) is 0.391. The molecule has 0 atom stereocenters. The SMILES string of the molecule is COCC(=O)NCc1nc2ccccc2n1CCCCOc1cc(C)cc(C)c1. The van der Waals surface area contributed by atoms with E-state index >= 15 is 0 Å². The smallest absolute Gasteiger partial charge is 0.246 e. The summed E-state index contributed by atoms with van der Waals surface area (Å²) >= 11 is 0. The van der Waals surface area contributed by atoms with E-state index in [1.807, 2.05) is 18.2 Å². The third-order valence-corrected chi connectivity index (χ3v) is 4.69. The minimum absolute atomic E-state index is 0.0516. The first-order chi connectivity index (χ1) is 14.1. The first-order valence-electron chi connectivity index (χ1n) is 9.97. The standard InChI is InChI=1S/C23H29N3O3/c1-17-12-18(2)14-19(13-17)29-11-7-6-10-26-21-9-5-4-8-20(21)25-22(26)15-24-23(27)16-28-3/h4-5,8-9,12-14H,6-7,10-11,15-16H2,1-3H3,(H,24,27). The molecular formula is C23H29N3O3. The van der Waals surface area contributed by atoms with Gasteiger partial charge in [-0.2, -0.15) is 0 Å². The Kier molecular flexibility index (Phi) is 7.25. The molecule has 0 radical (unpaired) electrons. The van der Waals surface area contributed by atoms with Gasteiger partial charge in [-0.1, -0.05) is 18.2 Å². The highest BCUT2D eigenvalue weighted by molar-refractivity contribution is 5.78. The van der Waals surface area contributed by atoms with Crippen LogP contribution in [-0.4, -0.2) is 35.8 Å². The number of rotatable bonds is 10. The third-order valence-electron chi connectivity index (χ3n) is 4.69. The van der Waals surface area contributed by atoms with Crippen LogP contribution in [-0.2, 0) is 22.6 Å². The van der Waals surface area contributed by atoms with Gasteiger partial charge in [-0.25, -0.2) is 4.98 Å². The predicted molar refractivity (Wildman–Crippen MR) is 114 cm³/mol. The molecule has 0 aliphatic rings. The molecule has 0 spiro atoms. The summed E-state index contributed by atoms with van der Waals surface area (Å²) in [4.78, 5) is 16.4.